The van der Waals surface area contributed by atoms with E-state index in [0.717, 1.165) is 13.0 Å². The van der Waals surface area contributed by atoms with Crippen LogP contribution < -0.4 is 5.32 Å². The van der Waals surface area contributed by atoms with Crippen LogP contribution >= 0.6 is 0 Å². The zero-order chi connectivity index (χ0) is 8.97. The maximum absolute atomic E-state index is 4.26. The lowest BCUT2D eigenvalue weighted by Gasteiger charge is -2.02. The van der Waals surface area contributed by atoms with E-state index in [1.165, 1.54) is 5.56 Å². The van der Waals surface area contributed by atoms with Crippen LogP contribution in [0.15, 0.2) is 12.4 Å². The van der Waals surface area contributed by atoms with Gasteiger partial charge in [-0.2, -0.15) is 5.10 Å². The first-order chi connectivity index (χ1) is 5.74. The van der Waals surface area contributed by atoms with Gasteiger partial charge in [-0.25, -0.2) is 0 Å². The van der Waals surface area contributed by atoms with E-state index in [4.69, 9.17) is 0 Å². The SMILES string of the molecule is CNCCc1cnn(C(C)C)c1. The molecule has 1 aromatic rings. The first kappa shape index (κ1) is 9.26. The molecule has 0 aliphatic heterocycles. The van der Waals surface area contributed by atoms with Crippen LogP contribution in [0.5, 0.6) is 0 Å². The quantitative estimate of drug-likeness (QED) is 0.731. The molecule has 0 amide bonds. The largest absolute Gasteiger partial charge is 0.319 e. The van der Waals surface area contributed by atoms with Gasteiger partial charge in [-0.3, -0.25) is 4.68 Å². The summed E-state index contributed by atoms with van der Waals surface area (Å²) in [5.74, 6) is 0. The minimum absolute atomic E-state index is 0.466. The minimum Gasteiger partial charge on any atom is -0.319 e. The van der Waals surface area contributed by atoms with Crippen LogP contribution in [0.2, 0.25) is 0 Å². The molecule has 1 aromatic heterocycles. The van der Waals surface area contributed by atoms with Crippen molar-refractivity contribution in [1.82, 2.24) is 15.1 Å². The highest BCUT2D eigenvalue weighted by atomic mass is 15.3. The number of nitrogens with zero attached hydrogens (tertiary/aromatic N) is 2. The van der Waals surface area contributed by atoms with Crippen molar-refractivity contribution in [3.63, 3.8) is 0 Å². The van der Waals surface area contributed by atoms with Gasteiger partial charge in [0, 0.05) is 12.2 Å². The molecule has 1 heterocycles. The van der Waals surface area contributed by atoms with Gasteiger partial charge in [0.15, 0.2) is 0 Å². The number of likely N-dealkylation sites (N-methyl/N-ethyl adjacent to an activating group) is 1. The van der Waals surface area contributed by atoms with Crippen LogP contribution in [0.3, 0.4) is 0 Å². The van der Waals surface area contributed by atoms with E-state index in [0.29, 0.717) is 6.04 Å². The molecule has 0 aromatic carbocycles. The van der Waals surface area contributed by atoms with Gasteiger partial charge in [0.2, 0.25) is 0 Å². The van der Waals surface area contributed by atoms with E-state index in [2.05, 4.69) is 30.5 Å². The number of hydrogen-bond donors (Lipinski definition) is 1. The standard InChI is InChI=1S/C9H17N3/c1-8(2)12-7-9(6-11-12)4-5-10-3/h6-8,10H,4-5H2,1-3H3. The van der Waals surface area contributed by atoms with Crippen molar-refractivity contribution in [3.05, 3.63) is 18.0 Å². The minimum atomic E-state index is 0.466. The number of nitrogens with one attached hydrogen (secondary N) is 1. The Labute approximate surface area is 73.8 Å². The predicted molar refractivity (Wildman–Crippen MR) is 50.2 cm³/mol. The molecule has 1 N–H and O–H groups in total. The zero-order valence-electron chi connectivity index (χ0n) is 8.04. The van der Waals surface area contributed by atoms with Crippen molar-refractivity contribution in [2.45, 2.75) is 26.3 Å². The highest BCUT2D eigenvalue weighted by molar-refractivity contribution is 5.04. The second kappa shape index (κ2) is 4.26. The average Bonchev–Trinajstić information content (AvgIpc) is 2.48. The first-order valence-electron chi connectivity index (χ1n) is 4.41. The Balaban J connectivity index is 2.52. The van der Waals surface area contributed by atoms with Gasteiger partial charge in [0.05, 0.1) is 6.20 Å². The van der Waals surface area contributed by atoms with E-state index in [-0.39, 0.29) is 0 Å². The summed E-state index contributed by atoms with van der Waals surface area (Å²) in [6.45, 7) is 5.29. The van der Waals surface area contributed by atoms with Crippen LogP contribution in [-0.2, 0) is 6.42 Å². The van der Waals surface area contributed by atoms with E-state index in [1.807, 2.05) is 17.9 Å². The zero-order valence-corrected chi connectivity index (χ0v) is 8.04. The third-order valence-electron chi connectivity index (χ3n) is 1.85. The summed E-state index contributed by atoms with van der Waals surface area (Å²) in [4.78, 5) is 0. The molecule has 0 radical (unpaired) electrons. The molecule has 0 atom stereocenters. The van der Waals surface area contributed by atoms with Crippen LogP contribution in [-0.4, -0.2) is 23.4 Å². The van der Waals surface area contributed by atoms with Crippen LogP contribution in [0.25, 0.3) is 0 Å². The molecule has 0 saturated heterocycles. The maximum atomic E-state index is 4.26. The van der Waals surface area contributed by atoms with Gasteiger partial charge in [0.25, 0.3) is 0 Å². The van der Waals surface area contributed by atoms with Crippen LogP contribution in [0, 0.1) is 0 Å². The maximum Gasteiger partial charge on any atom is 0.0522 e. The second-order valence-electron chi connectivity index (χ2n) is 3.28. The first-order valence-corrected chi connectivity index (χ1v) is 4.41. The smallest absolute Gasteiger partial charge is 0.0522 e. The molecule has 0 fully saturated rings. The summed E-state index contributed by atoms with van der Waals surface area (Å²) in [5.41, 5.74) is 1.30. The summed E-state index contributed by atoms with van der Waals surface area (Å²) in [5, 5.41) is 7.38. The van der Waals surface area contributed by atoms with Gasteiger partial charge in [0.1, 0.15) is 0 Å². The molecular formula is C9H17N3. The third-order valence-corrected chi connectivity index (χ3v) is 1.85. The van der Waals surface area contributed by atoms with Crippen molar-refractivity contribution in [2.75, 3.05) is 13.6 Å². The van der Waals surface area contributed by atoms with E-state index in [9.17, 15) is 0 Å². The summed E-state index contributed by atoms with van der Waals surface area (Å²) < 4.78 is 1.99. The van der Waals surface area contributed by atoms with Gasteiger partial charge < -0.3 is 5.32 Å². The number of hydrogen-bond acceptors (Lipinski definition) is 2. The van der Waals surface area contributed by atoms with Crippen molar-refractivity contribution in [3.8, 4) is 0 Å². The van der Waals surface area contributed by atoms with E-state index in [1.54, 1.807) is 0 Å². The molecule has 0 unspecified atom stereocenters. The fourth-order valence-corrected chi connectivity index (χ4v) is 1.06. The summed E-state index contributed by atoms with van der Waals surface area (Å²) >= 11 is 0. The summed E-state index contributed by atoms with van der Waals surface area (Å²) in [7, 11) is 1.97. The normalized spacial score (nSPS) is 11.0. The Morgan fingerprint density at radius 1 is 1.58 bits per heavy atom. The Kier molecular flexibility index (Phi) is 3.29. The Bertz CT molecular complexity index is 227. The monoisotopic (exact) mass is 167 g/mol. The second-order valence-corrected chi connectivity index (χ2v) is 3.28. The van der Waals surface area contributed by atoms with Crippen LogP contribution in [0.1, 0.15) is 25.5 Å². The molecule has 3 heteroatoms. The third kappa shape index (κ3) is 2.34. The van der Waals surface area contributed by atoms with Gasteiger partial charge in [-0.05, 0) is 39.4 Å². The molecule has 0 spiro atoms. The topological polar surface area (TPSA) is 29.9 Å². The molecule has 0 bridgehead atoms. The van der Waals surface area contributed by atoms with Crippen molar-refractivity contribution in [1.29, 1.82) is 0 Å². The Morgan fingerprint density at radius 3 is 2.83 bits per heavy atom. The Hall–Kier alpha value is -0.830. The highest BCUT2D eigenvalue weighted by Gasteiger charge is 2.00. The average molecular weight is 167 g/mol. The summed E-state index contributed by atoms with van der Waals surface area (Å²) in [6, 6.07) is 0.466. The molecule has 68 valence electrons. The molecule has 0 aliphatic rings. The number of aromatic nitrogens is 2. The molecule has 0 aliphatic carbocycles. The Morgan fingerprint density at radius 2 is 2.33 bits per heavy atom. The van der Waals surface area contributed by atoms with E-state index < -0.39 is 0 Å². The molecule has 0 saturated carbocycles. The summed E-state index contributed by atoms with van der Waals surface area (Å²) in [6.07, 6.45) is 5.11. The predicted octanol–water partition coefficient (Wildman–Crippen LogP) is 1.23. The molecule has 1 rings (SSSR count). The molecule has 12 heavy (non-hydrogen) atoms. The fourth-order valence-electron chi connectivity index (χ4n) is 1.06. The van der Waals surface area contributed by atoms with Crippen molar-refractivity contribution < 1.29 is 0 Å². The number of rotatable bonds is 4. The highest BCUT2D eigenvalue weighted by Crippen LogP contribution is 2.05. The van der Waals surface area contributed by atoms with Crippen molar-refractivity contribution in [2.24, 2.45) is 0 Å². The van der Waals surface area contributed by atoms with Gasteiger partial charge in [-0.15, -0.1) is 0 Å². The van der Waals surface area contributed by atoms with Gasteiger partial charge in [-0.1, -0.05) is 0 Å². The van der Waals surface area contributed by atoms with E-state index >= 15 is 0 Å². The van der Waals surface area contributed by atoms with Gasteiger partial charge >= 0.3 is 0 Å². The van der Waals surface area contributed by atoms with Crippen LogP contribution in [0.4, 0.5) is 0 Å². The molecule has 3 nitrogen and oxygen atoms in total. The lowest BCUT2D eigenvalue weighted by atomic mass is 10.2. The lowest BCUT2D eigenvalue weighted by molar-refractivity contribution is 0.532. The fraction of sp³-hybridized carbons (Fsp3) is 0.667. The van der Waals surface area contributed by atoms with Crippen molar-refractivity contribution >= 4 is 0 Å². The molecular weight excluding hydrogens is 150 g/mol. The lowest BCUT2D eigenvalue weighted by Crippen LogP contribution is -2.09.